The van der Waals surface area contributed by atoms with Crippen LogP contribution in [0.5, 0.6) is 0 Å². The molecule has 0 aliphatic carbocycles. The van der Waals surface area contributed by atoms with E-state index in [0.29, 0.717) is 12.1 Å². The molecule has 2 aromatic carbocycles. The fourth-order valence-corrected chi connectivity index (χ4v) is 2.07. The Labute approximate surface area is 113 Å². The zero-order valence-corrected chi connectivity index (χ0v) is 11.0. The lowest BCUT2D eigenvalue weighted by Crippen LogP contribution is -2.08. The molecule has 0 saturated carbocycles. The smallest absolute Gasteiger partial charge is 0.211 e. The van der Waals surface area contributed by atoms with Gasteiger partial charge in [0, 0.05) is 11.3 Å². The SMILES string of the molecule is C=C(NC=O)c1ccccc1-c1ccc(CC)cc1. The van der Waals surface area contributed by atoms with Crippen molar-refractivity contribution in [1.29, 1.82) is 0 Å². The van der Waals surface area contributed by atoms with Crippen molar-refractivity contribution in [3.63, 3.8) is 0 Å². The first-order valence-electron chi connectivity index (χ1n) is 6.34. The number of benzene rings is 2. The second-order valence-electron chi connectivity index (χ2n) is 4.34. The van der Waals surface area contributed by atoms with Gasteiger partial charge >= 0.3 is 0 Å². The molecular weight excluding hydrogens is 234 g/mol. The second kappa shape index (κ2) is 6.01. The number of aryl methyl sites for hydroxylation is 1. The van der Waals surface area contributed by atoms with Crippen LogP contribution in [0.15, 0.2) is 55.1 Å². The molecule has 96 valence electrons. The molecule has 19 heavy (non-hydrogen) atoms. The molecule has 0 bridgehead atoms. The van der Waals surface area contributed by atoms with Crippen molar-refractivity contribution in [3.8, 4) is 11.1 Å². The Morgan fingerprint density at radius 3 is 2.47 bits per heavy atom. The van der Waals surface area contributed by atoms with Crippen molar-refractivity contribution < 1.29 is 4.79 Å². The van der Waals surface area contributed by atoms with Crippen molar-refractivity contribution in [2.24, 2.45) is 0 Å². The lowest BCUT2D eigenvalue weighted by Gasteiger charge is -2.11. The summed E-state index contributed by atoms with van der Waals surface area (Å²) in [6.07, 6.45) is 1.68. The minimum Gasteiger partial charge on any atom is -0.329 e. The quantitative estimate of drug-likeness (QED) is 0.808. The predicted octanol–water partition coefficient (Wildman–Crippen LogP) is 3.63. The topological polar surface area (TPSA) is 29.1 Å². The van der Waals surface area contributed by atoms with Gasteiger partial charge in [0.15, 0.2) is 0 Å². The molecule has 2 heteroatoms. The first-order valence-corrected chi connectivity index (χ1v) is 6.34. The number of amides is 1. The van der Waals surface area contributed by atoms with Gasteiger partial charge in [-0.15, -0.1) is 0 Å². The van der Waals surface area contributed by atoms with E-state index in [1.165, 1.54) is 5.56 Å². The molecule has 0 unspecified atom stereocenters. The van der Waals surface area contributed by atoms with Gasteiger partial charge in [0.2, 0.25) is 6.41 Å². The highest BCUT2D eigenvalue weighted by Crippen LogP contribution is 2.27. The Hall–Kier alpha value is -2.35. The monoisotopic (exact) mass is 251 g/mol. The standard InChI is InChI=1S/C17H17NO/c1-3-14-8-10-15(11-9-14)17-7-5-4-6-16(17)13(2)18-12-19/h4-12H,2-3H2,1H3,(H,18,19). The summed E-state index contributed by atoms with van der Waals surface area (Å²) >= 11 is 0. The number of carbonyl (C=O) groups is 1. The molecule has 2 rings (SSSR count). The van der Waals surface area contributed by atoms with Crippen LogP contribution in [0.2, 0.25) is 0 Å². The van der Waals surface area contributed by atoms with Crippen LogP contribution in [0.3, 0.4) is 0 Å². The molecule has 0 heterocycles. The maximum atomic E-state index is 10.5. The predicted molar refractivity (Wildman–Crippen MR) is 79.5 cm³/mol. The van der Waals surface area contributed by atoms with Crippen LogP contribution >= 0.6 is 0 Å². The Balaban J connectivity index is 2.43. The molecule has 0 fully saturated rings. The summed E-state index contributed by atoms with van der Waals surface area (Å²) in [5.41, 5.74) is 5.07. The summed E-state index contributed by atoms with van der Waals surface area (Å²) < 4.78 is 0. The third-order valence-electron chi connectivity index (χ3n) is 3.16. The Kier molecular flexibility index (Phi) is 4.14. The Bertz CT molecular complexity index is 584. The molecule has 2 nitrogen and oxygen atoms in total. The highest BCUT2D eigenvalue weighted by Gasteiger charge is 2.07. The number of nitrogens with one attached hydrogen (secondary N) is 1. The third-order valence-corrected chi connectivity index (χ3v) is 3.16. The number of hydrogen-bond donors (Lipinski definition) is 1. The third kappa shape index (κ3) is 2.91. The molecule has 0 aliphatic heterocycles. The summed E-state index contributed by atoms with van der Waals surface area (Å²) in [5, 5.41) is 2.62. The first kappa shape index (κ1) is 13.1. The van der Waals surface area contributed by atoms with Crippen LogP contribution in [-0.2, 0) is 11.2 Å². The number of rotatable bonds is 5. The molecule has 0 spiro atoms. The van der Waals surface area contributed by atoms with Crippen molar-refractivity contribution in [3.05, 3.63) is 66.2 Å². The van der Waals surface area contributed by atoms with E-state index in [1.54, 1.807) is 0 Å². The van der Waals surface area contributed by atoms with Gasteiger partial charge in [0.05, 0.1) is 0 Å². The minimum absolute atomic E-state index is 0.616. The van der Waals surface area contributed by atoms with E-state index < -0.39 is 0 Å². The van der Waals surface area contributed by atoms with E-state index >= 15 is 0 Å². The zero-order valence-electron chi connectivity index (χ0n) is 11.0. The van der Waals surface area contributed by atoms with E-state index in [1.807, 2.05) is 24.3 Å². The average molecular weight is 251 g/mol. The van der Waals surface area contributed by atoms with E-state index in [4.69, 9.17) is 0 Å². The van der Waals surface area contributed by atoms with Crippen LogP contribution in [0.25, 0.3) is 16.8 Å². The maximum absolute atomic E-state index is 10.5. The Morgan fingerprint density at radius 1 is 1.16 bits per heavy atom. The van der Waals surface area contributed by atoms with Crippen LogP contribution in [0.4, 0.5) is 0 Å². The van der Waals surface area contributed by atoms with Gasteiger partial charge in [-0.25, -0.2) is 0 Å². The molecule has 0 aromatic heterocycles. The van der Waals surface area contributed by atoms with Crippen molar-refractivity contribution >= 4 is 12.1 Å². The largest absolute Gasteiger partial charge is 0.329 e. The van der Waals surface area contributed by atoms with Crippen LogP contribution < -0.4 is 5.32 Å². The summed E-state index contributed by atoms with van der Waals surface area (Å²) in [7, 11) is 0. The number of hydrogen-bond acceptors (Lipinski definition) is 1. The summed E-state index contributed by atoms with van der Waals surface area (Å²) in [5.74, 6) is 0. The maximum Gasteiger partial charge on any atom is 0.211 e. The van der Waals surface area contributed by atoms with Crippen LogP contribution in [0.1, 0.15) is 18.1 Å². The van der Waals surface area contributed by atoms with E-state index in [0.717, 1.165) is 23.1 Å². The zero-order chi connectivity index (χ0) is 13.7. The van der Waals surface area contributed by atoms with Gasteiger partial charge < -0.3 is 5.32 Å². The fraction of sp³-hybridized carbons (Fsp3) is 0.118. The van der Waals surface area contributed by atoms with Gasteiger partial charge in [0.25, 0.3) is 0 Å². The van der Waals surface area contributed by atoms with Crippen molar-refractivity contribution in [2.45, 2.75) is 13.3 Å². The second-order valence-corrected chi connectivity index (χ2v) is 4.34. The molecule has 0 saturated heterocycles. The highest BCUT2D eigenvalue weighted by atomic mass is 16.1. The van der Waals surface area contributed by atoms with Gasteiger partial charge in [-0.2, -0.15) is 0 Å². The van der Waals surface area contributed by atoms with Gasteiger partial charge in [-0.3, -0.25) is 4.79 Å². The van der Waals surface area contributed by atoms with Crippen LogP contribution in [0, 0.1) is 0 Å². The van der Waals surface area contributed by atoms with E-state index in [-0.39, 0.29) is 0 Å². The van der Waals surface area contributed by atoms with Gasteiger partial charge in [0.1, 0.15) is 0 Å². The van der Waals surface area contributed by atoms with Crippen molar-refractivity contribution in [2.75, 3.05) is 0 Å². The van der Waals surface area contributed by atoms with Crippen molar-refractivity contribution in [1.82, 2.24) is 5.32 Å². The average Bonchev–Trinajstić information content (AvgIpc) is 2.47. The Morgan fingerprint density at radius 2 is 1.84 bits per heavy atom. The number of carbonyl (C=O) groups excluding carboxylic acids is 1. The summed E-state index contributed by atoms with van der Waals surface area (Å²) in [4.78, 5) is 10.5. The van der Waals surface area contributed by atoms with E-state index in [9.17, 15) is 4.79 Å². The summed E-state index contributed by atoms with van der Waals surface area (Å²) in [6, 6.07) is 16.4. The molecular formula is C17H17NO. The molecule has 1 amide bonds. The summed E-state index contributed by atoms with van der Waals surface area (Å²) in [6.45, 7) is 6.03. The fourth-order valence-electron chi connectivity index (χ4n) is 2.07. The highest BCUT2D eigenvalue weighted by molar-refractivity contribution is 5.83. The molecule has 1 N–H and O–H groups in total. The normalized spacial score (nSPS) is 9.95. The van der Waals surface area contributed by atoms with Crippen LogP contribution in [-0.4, -0.2) is 6.41 Å². The molecule has 0 aliphatic rings. The lowest BCUT2D eigenvalue weighted by atomic mass is 9.97. The molecule has 0 atom stereocenters. The minimum atomic E-state index is 0.616. The molecule has 2 aromatic rings. The first-order chi connectivity index (χ1) is 9.26. The van der Waals surface area contributed by atoms with E-state index in [2.05, 4.69) is 43.1 Å². The van der Waals surface area contributed by atoms with Gasteiger partial charge in [-0.1, -0.05) is 62.0 Å². The lowest BCUT2D eigenvalue weighted by molar-refractivity contribution is -0.108. The van der Waals surface area contributed by atoms with Gasteiger partial charge in [-0.05, 0) is 23.1 Å². The molecule has 0 radical (unpaired) electrons.